The molecule has 362 valence electrons. The molecule has 0 atom stereocenters. The first-order chi connectivity index (χ1) is 32.6. The highest BCUT2D eigenvalue weighted by atomic mass is 15.2. The number of fused-ring (bicyclic) bond motifs is 4. The second-order valence-corrected chi connectivity index (χ2v) is 25.9. The van der Waals surface area contributed by atoms with E-state index in [4.69, 9.17) is 0 Å². The minimum absolute atomic E-state index is 0.0150. The normalized spacial score (nSPS) is 16.7. The van der Waals surface area contributed by atoms with Crippen molar-refractivity contribution in [1.82, 2.24) is 0 Å². The molecule has 0 unspecified atom stereocenters. The summed E-state index contributed by atoms with van der Waals surface area (Å²) in [6.07, 6.45) is 9.79. The van der Waals surface area contributed by atoms with E-state index in [1.807, 2.05) is 0 Å². The van der Waals surface area contributed by atoms with Crippen molar-refractivity contribution in [3.63, 3.8) is 0 Å². The van der Waals surface area contributed by atoms with Crippen LogP contribution in [-0.4, -0.2) is 0 Å². The standard InChI is InChI=1S/C68H80N2/c1-43(2)45-19-27-49(28-20-45)69(51-31-23-47(24-32-51)63(5,6)7)61-53-39-57-59(67(15,16)37-35-65(57,11)12)41-55(53)62(56-42-60-58(40-54(56)61)66(13,14)36-38-68(60,17)18)70(50-29-21-46(22-30-50)44(3)4)52-33-25-48(26-34-52)64(8,9)10/h19-44H,1-18H3. The summed E-state index contributed by atoms with van der Waals surface area (Å²) in [6, 6.07) is 48.1. The van der Waals surface area contributed by atoms with Crippen LogP contribution in [-0.2, 0) is 32.5 Å². The van der Waals surface area contributed by atoms with Gasteiger partial charge in [-0.25, -0.2) is 0 Å². The van der Waals surface area contributed by atoms with Gasteiger partial charge in [-0.15, -0.1) is 0 Å². The number of hydrogen-bond acceptors (Lipinski definition) is 2. The summed E-state index contributed by atoms with van der Waals surface area (Å²) in [5, 5.41) is 4.97. The Morgan fingerprint density at radius 3 is 0.743 bits per heavy atom. The number of hydrogen-bond donors (Lipinski definition) is 0. The molecule has 0 bridgehead atoms. The molecule has 2 aliphatic rings. The van der Waals surface area contributed by atoms with E-state index >= 15 is 0 Å². The predicted octanol–water partition coefficient (Wildman–Crippen LogP) is 20.0. The zero-order chi connectivity index (χ0) is 50.7. The van der Waals surface area contributed by atoms with Crippen molar-refractivity contribution in [2.45, 2.75) is 169 Å². The van der Waals surface area contributed by atoms with E-state index in [1.54, 1.807) is 0 Å². The molecule has 0 heterocycles. The molecule has 0 spiro atoms. The summed E-state index contributed by atoms with van der Waals surface area (Å²) in [6.45, 7) is 42.2. The maximum atomic E-state index is 2.60. The minimum Gasteiger partial charge on any atom is -0.309 e. The second kappa shape index (κ2) is 16.9. The Hall–Kier alpha value is -5.86. The number of anilines is 6. The summed E-state index contributed by atoms with van der Waals surface area (Å²) < 4.78 is 0. The molecule has 0 fully saturated rings. The van der Waals surface area contributed by atoms with E-state index in [0.29, 0.717) is 11.8 Å². The zero-order valence-electron chi connectivity index (χ0n) is 45.9. The van der Waals surface area contributed by atoms with Crippen LogP contribution in [0.15, 0.2) is 146 Å². The smallest absolute Gasteiger partial charge is 0.0620 e. The summed E-state index contributed by atoms with van der Waals surface area (Å²) in [4.78, 5) is 5.19. The minimum atomic E-state index is -0.189. The fourth-order valence-electron chi connectivity index (χ4n) is 11.1. The maximum absolute atomic E-state index is 2.60. The molecule has 7 aromatic carbocycles. The lowest BCUT2D eigenvalue weighted by Gasteiger charge is -2.40. The second-order valence-electron chi connectivity index (χ2n) is 25.9. The average Bonchev–Trinajstić information content (AvgIpc) is 3.29. The molecule has 2 aliphatic carbocycles. The largest absolute Gasteiger partial charge is 0.309 e. The zero-order valence-corrected chi connectivity index (χ0v) is 45.9. The van der Waals surface area contributed by atoms with Crippen molar-refractivity contribution in [2.24, 2.45) is 0 Å². The van der Waals surface area contributed by atoms with Gasteiger partial charge in [0.15, 0.2) is 0 Å². The molecule has 0 saturated carbocycles. The summed E-state index contributed by atoms with van der Waals surface area (Å²) in [5.74, 6) is 0.839. The molecule has 0 N–H and O–H groups in total. The molecule has 2 nitrogen and oxygen atoms in total. The summed E-state index contributed by atoms with van der Waals surface area (Å²) in [5.41, 5.74) is 17.1. The van der Waals surface area contributed by atoms with Crippen LogP contribution in [0, 0.1) is 0 Å². The van der Waals surface area contributed by atoms with Crippen LogP contribution >= 0.6 is 0 Å². The summed E-state index contributed by atoms with van der Waals surface area (Å²) in [7, 11) is 0. The van der Waals surface area contributed by atoms with Crippen LogP contribution < -0.4 is 9.80 Å². The fourth-order valence-corrected chi connectivity index (χ4v) is 11.1. The highest BCUT2D eigenvalue weighted by Crippen LogP contribution is 2.56. The molecule has 9 rings (SSSR count). The molecule has 0 saturated heterocycles. The van der Waals surface area contributed by atoms with Crippen molar-refractivity contribution >= 4 is 55.7 Å². The molecule has 0 radical (unpaired) electrons. The van der Waals surface area contributed by atoms with Crippen molar-refractivity contribution in [3.05, 3.63) is 190 Å². The fraction of sp³-hybridized carbons (Fsp3) is 0.382. The highest BCUT2D eigenvalue weighted by Gasteiger charge is 2.38. The Morgan fingerprint density at radius 2 is 0.543 bits per heavy atom. The Bertz CT molecular complexity index is 2850. The van der Waals surface area contributed by atoms with Gasteiger partial charge >= 0.3 is 0 Å². The molecular formula is C68H80N2. The van der Waals surface area contributed by atoms with Gasteiger partial charge in [0.25, 0.3) is 0 Å². The van der Waals surface area contributed by atoms with Crippen LogP contribution in [0.3, 0.4) is 0 Å². The molecule has 0 aromatic heterocycles. The third-order valence-electron chi connectivity index (χ3n) is 16.0. The maximum Gasteiger partial charge on any atom is 0.0620 e. The van der Waals surface area contributed by atoms with Crippen molar-refractivity contribution in [3.8, 4) is 0 Å². The van der Waals surface area contributed by atoms with Crippen LogP contribution in [0.2, 0.25) is 0 Å². The quantitative estimate of drug-likeness (QED) is 0.0851. The third kappa shape index (κ3) is 8.62. The van der Waals surface area contributed by atoms with Crippen LogP contribution in [0.5, 0.6) is 0 Å². The van der Waals surface area contributed by atoms with E-state index in [9.17, 15) is 0 Å². The van der Waals surface area contributed by atoms with Crippen LogP contribution in [0.4, 0.5) is 34.1 Å². The topological polar surface area (TPSA) is 6.48 Å². The first-order valence-electron chi connectivity index (χ1n) is 26.1. The molecular weight excluding hydrogens is 845 g/mol. The predicted molar refractivity (Wildman–Crippen MR) is 307 cm³/mol. The van der Waals surface area contributed by atoms with Crippen molar-refractivity contribution < 1.29 is 0 Å². The van der Waals surface area contributed by atoms with Gasteiger partial charge in [0.05, 0.1) is 11.4 Å². The molecule has 7 aromatic rings. The van der Waals surface area contributed by atoms with E-state index in [-0.39, 0.29) is 32.5 Å². The van der Waals surface area contributed by atoms with Gasteiger partial charge in [-0.1, -0.05) is 197 Å². The lowest BCUT2D eigenvalue weighted by Crippen LogP contribution is -2.30. The van der Waals surface area contributed by atoms with Gasteiger partial charge in [0, 0.05) is 66.0 Å². The van der Waals surface area contributed by atoms with Crippen molar-refractivity contribution in [1.29, 1.82) is 0 Å². The van der Waals surface area contributed by atoms with Gasteiger partial charge in [0.1, 0.15) is 0 Å². The average molecular weight is 925 g/mol. The molecule has 0 amide bonds. The van der Waals surface area contributed by atoms with Gasteiger partial charge in [-0.3, -0.25) is 0 Å². The SMILES string of the molecule is CC(C)c1ccc(N(c2ccc(C(C)(C)C)cc2)c2c3cc4c(cc3c(N(c3ccc(C(C)C)cc3)c3ccc(C(C)(C)C)cc3)c3cc5c(cc23)C(C)(C)C=CC5(C)C)C(C)(C)C=CC4(C)C)cc1. The first kappa shape index (κ1) is 49.1. The number of nitrogens with zero attached hydrogens (tertiary/aromatic N) is 2. The van der Waals surface area contributed by atoms with E-state index < -0.39 is 0 Å². The van der Waals surface area contributed by atoms with E-state index in [0.717, 1.165) is 22.7 Å². The van der Waals surface area contributed by atoms with Gasteiger partial charge in [-0.2, -0.15) is 0 Å². The van der Waals surface area contributed by atoms with Gasteiger partial charge in [-0.05, 0) is 140 Å². The lowest BCUT2D eigenvalue weighted by molar-refractivity contribution is 0.564. The number of rotatable bonds is 8. The highest BCUT2D eigenvalue weighted by molar-refractivity contribution is 6.24. The molecule has 2 heteroatoms. The van der Waals surface area contributed by atoms with Gasteiger partial charge < -0.3 is 9.80 Å². The van der Waals surface area contributed by atoms with Crippen molar-refractivity contribution in [2.75, 3.05) is 9.80 Å². The van der Waals surface area contributed by atoms with Crippen LogP contribution in [0.25, 0.3) is 21.5 Å². The number of benzene rings is 7. The van der Waals surface area contributed by atoms with E-state index in [1.165, 1.54) is 77.4 Å². The third-order valence-corrected chi connectivity index (χ3v) is 16.0. The Kier molecular flexibility index (Phi) is 11.9. The Morgan fingerprint density at radius 1 is 0.329 bits per heavy atom. The Labute approximate surface area is 422 Å². The first-order valence-corrected chi connectivity index (χ1v) is 26.1. The summed E-state index contributed by atoms with van der Waals surface area (Å²) >= 11 is 0. The Balaban J connectivity index is 1.54. The molecule has 0 aliphatic heterocycles. The van der Waals surface area contributed by atoms with E-state index in [2.05, 4.69) is 280 Å². The molecule has 70 heavy (non-hydrogen) atoms. The number of allylic oxidation sites excluding steroid dienone is 4. The lowest BCUT2D eigenvalue weighted by atomic mass is 9.66. The monoisotopic (exact) mass is 925 g/mol. The van der Waals surface area contributed by atoms with Crippen LogP contribution in [0.1, 0.15) is 181 Å². The van der Waals surface area contributed by atoms with Gasteiger partial charge in [0.2, 0.25) is 0 Å².